The number of aromatic nitrogens is 1. The van der Waals surface area contributed by atoms with E-state index in [0.29, 0.717) is 28.6 Å². The monoisotopic (exact) mass is 340 g/mol. The Kier molecular flexibility index (Phi) is 4.40. The van der Waals surface area contributed by atoms with E-state index in [0.717, 1.165) is 23.1 Å². The highest BCUT2D eigenvalue weighted by Crippen LogP contribution is 2.41. The number of aliphatic imine (C=N–C) groups is 1. The highest BCUT2D eigenvalue weighted by Gasteiger charge is 2.25. The van der Waals surface area contributed by atoms with Gasteiger partial charge in [0.25, 0.3) is 0 Å². The van der Waals surface area contributed by atoms with E-state index in [9.17, 15) is 4.79 Å². The number of azide groups is 1. The number of aryl methyl sites for hydroxylation is 2. The lowest BCUT2D eigenvalue weighted by molar-refractivity contribution is -0.108. The number of ether oxygens (including phenoxy) is 1. The Labute approximate surface area is 143 Å². The van der Waals surface area contributed by atoms with Gasteiger partial charge in [-0.05, 0) is 25.4 Å². The summed E-state index contributed by atoms with van der Waals surface area (Å²) in [5.41, 5.74) is 12.2. The smallest absolute Gasteiger partial charge is 0.149 e. The van der Waals surface area contributed by atoms with Gasteiger partial charge in [-0.1, -0.05) is 10.3 Å². The van der Waals surface area contributed by atoms with E-state index in [1.807, 2.05) is 19.9 Å². The minimum atomic E-state index is -0.690. The molecule has 1 aromatic carbocycles. The Morgan fingerprint density at radius 1 is 1.48 bits per heavy atom. The summed E-state index contributed by atoms with van der Waals surface area (Å²) in [6.45, 7) is 3.70. The maximum absolute atomic E-state index is 11.5. The predicted octanol–water partition coefficient (Wildman–Crippen LogP) is 3.34. The molecule has 0 radical (unpaired) electrons. The Morgan fingerprint density at radius 3 is 2.88 bits per heavy atom. The van der Waals surface area contributed by atoms with E-state index < -0.39 is 6.04 Å². The van der Waals surface area contributed by atoms with Crippen LogP contribution < -0.4 is 10.1 Å². The van der Waals surface area contributed by atoms with E-state index in [1.165, 1.54) is 0 Å². The molecule has 0 amide bonds. The first-order chi connectivity index (χ1) is 12.1. The number of methoxy groups -OCH3 is 1. The third-order valence-corrected chi connectivity index (χ3v) is 3.98. The van der Waals surface area contributed by atoms with Gasteiger partial charge in [-0.3, -0.25) is 4.99 Å². The molecule has 9 heteroatoms. The molecule has 2 heterocycles. The summed E-state index contributed by atoms with van der Waals surface area (Å²) >= 11 is 0. The van der Waals surface area contributed by atoms with Crippen molar-refractivity contribution in [3.8, 4) is 16.9 Å². The maximum Gasteiger partial charge on any atom is 0.149 e. The zero-order valence-electron chi connectivity index (χ0n) is 14.0. The second-order valence-corrected chi connectivity index (χ2v) is 5.51. The number of nitrogens with one attached hydrogen (secondary N) is 1. The third-order valence-electron chi connectivity index (χ3n) is 3.98. The lowest BCUT2D eigenvalue weighted by Gasteiger charge is -2.23. The summed E-state index contributed by atoms with van der Waals surface area (Å²) in [5, 5.41) is 10.5. The molecule has 0 bridgehead atoms. The molecule has 0 saturated carbocycles. The molecular weight excluding hydrogens is 324 g/mol. The average molecular weight is 340 g/mol. The molecule has 1 N–H and O–H groups in total. The SMILES string of the molecule is COc1cc2c(cc1-c1c(C)noc1C)C(C=O)N=C(CN=[N+]=[N-])N2. The zero-order valence-corrected chi connectivity index (χ0v) is 14.0. The first-order valence-corrected chi connectivity index (χ1v) is 7.54. The van der Waals surface area contributed by atoms with E-state index in [4.69, 9.17) is 14.8 Å². The molecule has 1 aromatic heterocycles. The van der Waals surface area contributed by atoms with E-state index in [2.05, 4.69) is 25.5 Å². The topological polar surface area (TPSA) is 125 Å². The molecule has 0 spiro atoms. The van der Waals surface area contributed by atoms with Crippen LogP contribution in [0.1, 0.15) is 23.1 Å². The van der Waals surface area contributed by atoms with Crippen molar-refractivity contribution in [1.82, 2.24) is 5.16 Å². The van der Waals surface area contributed by atoms with Crippen LogP contribution in [-0.4, -0.2) is 30.9 Å². The Bertz CT molecular complexity index is 891. The largest absolute Gasteiger partial charge is 0.496 e. The standard InChI is InChI=1S/C16H16N6O3/c1-8-16(9(2)25-21-8)11-4-10-12(5-14(11)24-3)19-15(6-18-22-17)20-13(10)7-23/h4-5,7,13H,6H2,1-3H3,(H,19,20). The van der Waals surface area contributed by atoms with Crippen molar-refractivity contribution >= 4 is 17.8 Å². The Balaban J connectivity index is 2.14. The summed E-state index contributed by atoms with van der Waals surface area (Å²) in [4.78, 5) is 18.5. The molecule has 9 nitrogen and oxygen atoms in total. The molecule has 0 saturated heterocycles. The fraction of sp³-hybridized carbons (Fsp3) is 0.312. The molecule has 1 aliphatic rings. The van der Waals surface area contributed by atoms with Gasteiger partial charge in [0.1, 0.15) is 29.7 Å². The van der Waals surface area contributed by atoms with Crippen molar-refractivity contribution < 1.29 is 14.1 Å². The molecular formula is C16H16N6O3. The number of hydrogen-bond donors (Lipinski definition) is 1. The van der Waals surface area contributed by atoms with Crippen molar-refractivity contribution in [2.75, 3.05) is 19.0 Å². The van der Waals surface area contributed by atoms with Crippen LogP contribution in [0, 0.1) is 13.8 Å². The number of amidine groups is 1. The molecule has 2 aromatic rings. The number of anilines is 1. The zero-order chi connectivity index (χ0) is 18.0. The minimum absolute atomic E-state index is 0.0359. The second kappa shape index (κ2) is 6.66. The normalized spacial score (nSPS) is 15.5. The van der Waals surface area contributed by atoms with Gasteiger partial charge in [-0.25, -0.2) is 0 Å². The second-order valence-electron chi connectivity index (χ2n) is 5.51. The fourth-order valence-electron chi connectivity index (χ4n) is 2.89. The lowest BCUT2D eigenvalue weighted by atomic mass is 9.95. The molecule has 0 fully saturated rings. The summed E-state index contributed by atoms with van der Waals surface area (Å²) in [6.07, 6.45) is 0.749. The third kappa shape index (κ3) is 2.92. The minimum Gasteiger partial charge on any atom is -0.496 e. The van der Waals surface area contributed by atoms with E-state index in [1.54, 1.807) is 13.2 Å². The van der Waals surface area contributed by atoms with Gasteiger partial charge in [0.2, 0.25) is 0 Å². The van der Waals surface area contributed by atoms with Crippen molar-refractivity contribution in [1.29, 1.82) is 0 Å². The number of fused-ring (bicyclic) bond motifs is 1. The number of hydrogen-bond acceptors (Lipinski definition) is 7. The van der Waals surface area contributed by atoms with Crippen LogP contribution in [0.5, 0.6) is 5.75 Å². The molecule has 1 atom stereocenters. The molecule has 0 aliphatic carbocycles. The molecule has 1 aliphatic heterocycles. The van der Waals surface area contributed by atoms with Gasteiger partial charge in [0.15, 0.2) is 0 Å². The fourth-order valence-corrected chi connectivity index (χ4v) is 2.89. The van der Waals surface area contributed by atoms with Crippen molar-refractivity contribution in [2.45, 2.75) is 19.9 Å². The lowest BCUT2D eigenvalue weighted by Crippen LogP contribution is -2.23. The highest BCUT2D eigenvalue weighted by molar-refractivity contribution is 6.02. The van der Waals surface area contributed by atoms with E-state index >= 15 is 0 Å². The number of carbonyl (C=O) groups excluding carboxylic acids is 1. The number of benzene rings is 1. The molecule has 3 rings (SSSR count). The van der Waals surface area contributed by atoms with Crippen LogP contribution in [0.4, 0.5) is 5.69 Å². The van der Waals surface area contributed by atoms with Gasteiger partial charge in [0.05, 0.1) is 24.9 Å². The first kappa shape index (κ1) is 16.5. The van der Waals surface area contributed by atoms with Gasteiger partial charge >= 0.3 is 0 Å². The summed E-state index contributed by atoms with van der Waals surface area (Å²) in [5.74, 6) is 1.69. The van der Waals surface area contributed by atoms with Gasteiger partial charge < -0.3 is 19.4 Å². The van der Waals surface area contributed by atoms with Gasteiger partial charge in [0, 0.05) is 27.8 Å². The summed E-state index contributed by atoms with van der Waals surface area (Å²) in [6, 6.07) is 2.95. The van der Waals surface area contributed by atoms with Gasteiger partial charge in [-0.2, -0.15) is 0 Å². The van der Waals surface area contributed by atoms with Crippen molar-refractivity contribution in [3.63, 3.8) is 0 Å². The Morgan fingerprint density at radius 2 is 2.28 bits per heavy atom. The van der Waals surface area contributed by atoms with Crippen molar-refractivity contribution in [2.24, 2.45) is 10.1 Å². The quantitative estimate of drug-likeness (QED) is 0.386. The first-order valence-electron chi connectivity index (χ1n) is 7.54. The average Bonchev–Trinajstić information content (AvgIpc) is 2.96. The number of rotatable bonds is 5. The van der Waals surface area contributed by atoms with Crippen molar-refractivity contribution in [3.05, 3.63) is 39.6 Å². The van der Waals surface area contributed by atoms with Crippen LogP contribution in [0.3, 0.4) is 0 Å². The van der Waals surface area contributed by atoms with Crippen LogP contribution in [0.2, 0.25) is 0 Å². The summed E-state index contributed by atoms with van der Waals surface area (Å²) in [7, 11) is 1.57. The van der Waals surface area contributed by atoms with Crippen LogP contribution in [0.25, 0.3) is 21.6 Å². The Hall–Kier alpha value is -3.32. The number of nitrogens with zero attached hydrogens (tertiary/aromatic N) is 5. The van der Waals surface area contributed by atoms with Crippen LogP contribution in [-0.2, 0) is 4.79 Å². The molecule has 1 unspecified atom stereocenters. The maximum atomic E-state index is 11.5. The predicted molar refractivity (Wildman–Crippen MR) is 91.8 cm³/mol. The molecule has 128 valence electrons. The number of carbonyl (C=O) groups is 1. The van der Waals surface area contributed by atoms with Crippen LogP contribution in [0.15, 0.2) is 26.8 Å². The van der Waals surface area contributed by atoms with Gasteiger partial charge in [-0.15, -0.1) is 0 Å². The highest BCUT2D eigenvalue weighted by atomic mass is 16.5. The van der Waals surface area contributed by atoms with E-state index in [-0.39, 0.29) is 6.54 Å². The molecule has 25 heavy (non-hydrogen) atoms. The van der Waals surface area contributed by atoms with Crippen LogP contribution >= 0.6 is 0 Å². The summed E-state index contributed by atoms with van der Waals surface area (Å²) < 4.78 is 10.8. The number of aldehydes is 1.